The van der Waals surface area contributed by atoms with Crippen LogP contribution < -0.4 is 15.4 Å². The highest BCUT2D eigenvalue weighted by Crippen LogP contribution is 2.11. The molecule has 0 aromatic rings. The van der Waals surface area contributed by atoms with Crippen molar-refractivity contribution in [2.45, 2.75) is 58.5 Å². The molecule has 0 saturated carbocycles. The van der Waals surface area contributed by atoms with Gasteiger partial charge in [0.25, 0.3) is 0 Å². The van der Waals surface area contributed by atoms with Crippen LogP contribution in [-0.2, 0) is 10.0 Å². The van der Waals surface area contributed by atoms with Gasteiger partial charge in [0, 0.05) is 31.2 Å². The average molecular weight is 489 g/mol. The van der Waals surface area contributed by atoms with Gasteiger partial charge < -0.3 is 15.5 Å². The number of hydrogen-bond donors (Lipinski definition) is 3. The molecule has 1 saturated heterocycles. The van der Waals surface area contributed by atoms with E-state index >= 15 is 0 Å². The number of nitrogens with one attached hydrogen (secondary N) is 3. The first-order chi connectivity index (χ1) is 11.1. The van der Waals surface area contributed by atoms with Gasteiger partial charge in [0.05, 0.1) is 12.8 Å². The third-order valence-corrected chi connectivity index (χ3v) is 4.83. The summed E-state index contributed by atoms with van der Waals surface area (Å²) < 4.78 is 25.5. The lowest BCUT2D eigenvalue weighted by Gasteiger charge is -2.33. The summed E-state index contributed by atoms with van der Waals surface area (Å²) in [7, 11) is -3.25. The number of halogens is 1. The predicted molar refractivity (Wildman–Crippen MR) is 116 cm³/mol. The van der Waals surface area contributed by atoms with E-state index < -0.39 is 15.6 Å². The van der Waals surface area contributed by atoms with Crippen LogP contribution in [0.4, 0.5) is 0 Å². The molecular formula is C16H36IN5O2S. The van der Waals surface area contributed by atoms with E-state index in [0.717, 1.165) is 38.4 Å². The fourth-order valence-corrected chi connectivity index (χ4v) is 4.01. The number of likely N-dealkylation sites (tertiary alicyclic amines) is 1. The fraction of sp³-hybridized carbons (Fsp3) is 0.938. The van der Waals surface area contributed by atoms with Gasteiger partial charge in [-0.2, -0.15) is 0 Å². The van der Waals surface area contributed by atoms with E-state index in [4.69, 9.17) is 0 Å². The molecule has 0 atom stereocenters. The van der Waals surface area contributed by atoms with Gasteiger partial charge in [0.2, 0.25) is 10.0 Å². The molecule has 3 N–H and O–H groups in total. The maximum atomic E-state index is 11.4. The fourth-order valence-electron chi connectivity index (χ4n) is 2.94. The Morgan fingerprint density at radius 1 is 1.24 bits per heavy atom. The number of aliphatic imine (C=N–C) groups is 1. The predicted octanol–water partition coefficient (Wildman–Crippen LogP) is 1.36. The molecule has 9 heteroatoms. The van der Waals surface area contributed by atoms with Crippen LogP contribution in [0.3, 0.4) is 0 Å². The minimum atomic E-state index is -3.25. The Balaban J connectivity index is 0.00000576. The van der Waals surface area contributed by atoms with E-state index in [1.54, 1.807) is 0 Å². The Kier molecular flexibility index (Phi) is 11.5. The summed E-state index contributed by atoms with van der Waals surface area (Å²) >= 11 is 0. The molecule has 25 heavy (non-hydrogen) atoms. The molecule has 0 radical (unpaired) electrons. The van der Waals surface area contributed by atoms with Crippen molar-refractivity contribution in [1.82, 2.24) is 20.3 Å². The average Bonchev–Trinajstić information content (AvgIpc) is 2.45. The molecule has 7 nitrogen and oxygen atoms in total. The number of hydrogen-bond acceptors (Lipinski definition) is 4. The largest absolute Gasteiger partial charge is 0.357 e. The van der Waals surface area contributed by atoms with Gasteiger partial charge in [0.1, 0.15) is 0 Å². The van der Waals surface area contributed by atoms with Crippen LogP contribution in [0.2, 0.25) is 0 Å². The summed E-state index contributed by atoms with van der Waals surface area (Å²) in [4.78, 5) is 7.07. The Labute approximate surface area is 170 Å². The summed E-state index contributed by atoms with van der Waals surface area (Å²) in [6.07, 6.45) is 4.58. The van der Waals surface area contributed by atoms with Crippen LogP contribution in [0.5, 0.6) is 0 Å². The number of guanidine groups is 1. The van der Waals surface area contributed by atoms with E-state index in [-0.39, 0.29) is 24.0 Å². The summed E-state index contributed by atoms with van der Waals surface area (Å²) in [6.45, 7) is 12.5. The quantitative estimate of drug-likeness (QED) is 0.273. The number of sulfonamides is 1. The van der Waals surface area contributed by atoms with E-state index in [2.05, 4.69) is 32.2 Å². The molecule has 150 valence electrons. The van der Waals surface area contributed by atoms with Crippen LogP contribution in [-0.4, -0.2) is 69.8 Å². The third kappa shape index (κ3) is 11.2. The molecule has 0 aliphatic carbocycles. The lowest BCUT2D eigenvalue weighted by Crippen LogP contribution is -2.50. The maximum absolute atomic E-state index is 11.4. The van der Waals surface area contributed by atoms with Crippen LogP contribution in [0, 0.1) is 0 Å². The van der Waals surface area contributed by atoms with Crippen molar-refractivity contribution in [3.63, 3.8) is 0 Å². The lowest BCUT2D eigenvalue weighted by molar-refractivity contribution is 0.206. The topological polar surface area (TPSA) is 85.8 Å². The standard InChI is InChI=1S/C16H35N5O2S.HI/c1-6-10-21-11-8-14(9-12-21)19-15(17-7-2)18-13-16(3,4)20-24(5,22)23;/h14,20H,6-13H2,1-5H3,(H2,17,18,19);1H. The van der Waals surface area contributed by atoms with Crippen LogP contribution in [0.1, 0.15) is 47.0 Å². The molecule has 0 aromatic carbocycles. The van der Waals surface area contributed by atoms with Crippen molar-refractivity contribution in [2.24, 2.45) is 4.99 Å². The van der Waals surface area contributed by atoms with Crippen molar-refractivity contribution >= 4 is 40.0 Å². The Hall–Kier alpha value is -0.130. The smallest absolute Gasteiger partial charge is 0.209 e. The van der Waals surface area contributed by atoms with Gasteiger partial charge in [0.15, 0.2) is 5.96 Å². The maximum Gasteiger partial charge on any atom is 0.209 e. The molecule has 1 aliphatic heterocycles. The molecule has 0 amide bonds. The Morgan fingerprint density at radius 3 is 2.32 bits per heavy atom. The first-order valence-electron chi connectivity index (χ1n) is 8.91. The molecule has 0 unspecified atom stereocenters. The highest BCUT2D eigenvalue weighted by Gasteiger charge is 2.23. The van der Waals surface area contributed by atoms with E-state index in [1.807, 2.05) is 20.8 Å². The number of nitrogens with zero attached hydrogens (tertiary/aromatic N) is 2. The first kappa shape index (κ1) is 24.9. The summed E-state index contributed by atoms with van der Waals surface area (Å²) in [5.74, 6) is 0.759. The minimum absolute atomic E-state index is 0. The molecule has 0 bridgehead atoms. The van der Waals surface area contributed by atoms with Gasteiger partial charge >= 0.3 is 0 Å². The molecule has 1 aliphatic rings. The molecule has 0 spiro atoms. The van der Waals surface area contributed by atoms with Gasteiger partial charge in [-0.05, 0) is 46.6 Å². The summed E-state index contributed by atoms with van der Waals surface area (Å²) in [5, 5.41) is 6.74. The van der Waals surface area contributed by atoms with Crippen LogP contribution in [0.15, 0.2) is 4.99 Å². The first-order valence-corrected chi connectivity index (χ1v) is 10.8. The monoisotopic (exact) mass is 489 g/mol. The second-order valence-corrected chi connectivity index (χ2v) is 8.96. The highest BCUT2D eigenvalue weighted by molar-refractivity contribution is 14.0. The van der Waals surface area contributed by atoms with E-state index in [1.165, 1.54) is 19.2 Å². The second-order valence-electron chi connectivity index (χ2n) is 7.21. The normalized spacial score (nSPS) is 17.9. The van der Waals surface area contributed by atoms with Gasteiger partial charge in [-0.15, -0.1) is 24.0 Å². The zero-order chi connectivity index (χ0) is 18.2. The van der Waals surface area contributed by atoms with Gasteiger partial charge in [-0.1, -0.05) is 6.92 Å². The zero-order valence-electron chi connectivity index (χ0n) is 16.3. The Morgan fingerprint density at radius 2 is 1.84 bits per heavy atom. The van der Waals surface area contributed by atoms with Gasteiger partial charge in [-0.25, -0.2) is 13.1 Å². The van der Waals surface area contributed by atoms with Crippen molar-refractivity contribution in [1.29, 1.82) is 0 Å². The second kappa shape index (κ2) is 11.6. The number of piperidine rings is 1. The highest BCUT2D eigenvalue weighted by atomic mass is 127. The lowest BCUT2D eigenvalue weighted by atomic mass is 10.1. The molecule has 0 aromatic heterocycles. The van der Waals surface area contributed by atoms with E-state index in [9.17, 15) is 8.42 Å². The van der Waals surface area contributed by atoms with Crippen molar-refractivity contribution in [2.75, 3.05) is 39.0 Å². The minimum Gasteiger partial charge on any atom is -0.357 e. The van der Waals surface area contributed by atoms with E-state index in [0.29, 0.717) is 12.6 Å². The number of rotatable bonds is 8. The van der Waals surface area contributed by atoms with Crippen molar-refractivity contribution < 1.29 is 8.42 Å². The zero-order valence-corrected chi connectivity index (χ0v) is 19.4. The third-order valence-electron chi connectivity index (χ3n) is 3.91. The summed E-state index contributed by atoms with van der Waals surface area (Å²) in [6, 6.07) is 0.418. The van der Waals surface area contributed by atoms with Crippen molar-refractivity contribution in [3.8, 4) is 0 Å². The molecule has 1 rings (SSSR count). The molecule has 1 heterocycles. The van der Waals surface area contributed by atoms with Crippen LogP contribution in [0.25, 0.3) is 0 Å². The van der Waals surface area contributed by atoms with Crippen LogP contribution >= 0.6 is 24.0 Å². The van der Waals surface area contributed by atoms with Crippen molar-refractivity contribution in [3.05, 3.63) is 0 Å². The summed E-state index contributed by atoms with van der Waals surface area (Å²) in [5.41, 5.74) is -0.611. The van der Waals surface area contributed by atoms with Gasteiger partial charge in [-0.3, -0.25) is 4.99 Å². The molecule has 1 fully saturated rings. The Bertz CT molecular complexity index is 503. The SMILES string of the molecule is CCCN1CCC(NC(=NCC(C)(C)NS(C)(=O)=O)NCC)CC1.I. The molecular weight excluding hydrogens is 453 g/mol.